The fourth-order valence-electron chi connectivity index (χ4n) is 1.56. The van der Waals surface area contributed by atoms with Gasteiger partial charge in [0.1, 0.15) is 0 Å². The first-order valence-electron chi connectivity index (χ1n) is 5.83. The molecule has 1 rings (SSSR count). The van der Waals surface area contributed by atoms with Crippen LogP contribution < -0.4 is 11.1 Å². The lowest BCUT2D eigenvalue weighted by Crippen LogP contribution is -2.46. The van der Waals surface area contributed by atoms with Crippen molar-refractivity contribution < 1.29 is 4.79 Å². The summed E-state index contributed by atoms with van der Waals surface area (Å²) in [6, 6.07) is 3.82. The molecule has 94 valence electrons. The minimum absolute atomic E-state index is 0.00357. The molecule has 0 radical (unpaired) electrons. The Hall–Kier alpha value is -1.42. The molecule has 0 aromatic carbocycles. The van der Waals surface area contributed by atoms with E-state index in [0.717, 1.165) is 5.56 Å². The number of carbonyl (C=O) groups excluding carboxylic acids is 1. The van der Waals surface area contributed by atoms with Gasteiger partial charge in [0.05, 0.1) is 5.92 Å². The van der Waals surface area contributed by atoms with E-state index >= 15 is 0 Å². The topological polar surface area (TPSA) is 68.0 Å². The summed E-state index contributed by atoms with van der Waals surface area (Å²) in [4.78, 5) is 16.0. The zero-order valence-electron chi connectivity index (χ0n) is 10.7. The molecule has 3 N–H and O–H groups in total. The van der Waals surface area contributed by atoms with Gasteiger partial charge in [0, 0.05) is 24.5 Å². The van der Waals surface area contributed by atoms with Gasteiger partial charge in [0.2, 0.25) is 5.91 Å². The Kier molecular flexibility index (Phi) is 4.63. The average molecular weight is 235 g/mol. The van der Waals surface area contributed by atoms with E-state index in [1.807, 2.05) is 32.9 Å². The molecule has 0 spiro atoms. The quantitative estimate of drug-likeness (QED) is 0.821. The third-order valence-corrected chi connectivity index (χ3v) is 2.36. The van der Waals surface area contributed by atoms with Crippen LogP contribution in [0.4, 0.5) is 0 Å². The van der Waals surface area contributed by atoms with Crippen LogP contribution in [0.5, 0.6) is 0 Å². The third kappa shape index (κ3) is 4.95. The molecule has 0 fully saturated rings. The van der Waals surface area contributed by atoms with Crippen LogP contribution in [-0.4, -0.2) is 23.0 Å². The number of hydrogen-bond donors (Lipinski definition) is 2. The van der Waals surface area contributed by atoms with Gasteiger partial charge in [-0.1, -0.05) is 6.07 Å². The Morgan fingerprint density at radius 2 is 2.24 bits per heavy atom. The van der Waals surface area contributed by atoms with Gasteiger partial charge in [-0.2, -0.15) is 0 Å². The van der Waals surface area contributed by atoms with E-state index in [-0.39, 0.29) is 17.4 Å². The summed E-state index contributed by atoms with van der Waals surface area (Å²) in [6.45, 7) is 6.23. The summed E-state index contributed by atoms with van der Waals surface area (Å²) in [5.74, 6) is -0.192. The van der Waals surface area contributed by atoms with Crippen molar-refractivity contribution >= 4 is 5.91 Å². The molecule has 4 nitrogen and oxygen atoms in total. The van der Waals surface area contributed by atoms with Crippen LogP contribution in [-0.2, 0) is 11.2 Å². The van der Waals surface area contributed by atoms with Crippen molar-refractivity contribution in [3.05, 3.63) is 30.1 Å². The van der Waals surface area contributed by atoms with Crippen LogP contribution in [0.1, 0.15) is 26.3 Å². The van der Waals surface area contributed by atoms with E-state index in [2.05, 4.69) is 10.3 Å². The molecule has 0 bridgehead atoms. The van der Waals surface area contributed by atoms with Crippen LogP contribution >= 0.6 is 0 Å². The minimum atomic E-state index is -0.223. The second-order valence-corrected chi connectivity index (χ2v) is 5.24. The highest BCUT2D eigenvalue weighted by atomic mass is 16.2. The molecule has 0 aliphatic heterocycles. The van der Waals surface area contributed by atoms with Crippen LogP contribution in [0.3, 0.4) is 0 Å². The van der Waals surface area contributed by atoms with Crippen molar-refractivity contribution in [2.45, 2.75) is 32.7 Å². The molecule has 1 heterocycles. The molecule has 1 atom stereocenters. The molecule has 0 saturated heterocycles. The molecule has 4 heteroatoms. The van der Waals surface area contributed by atoms with Gasteiger partial charge in [-0.05, 0) is 38.8 Å². The van der Waals surface area contributed by atoms with Gasteiger partial charge in [-0.25, -0.2) is 0 Å². The molecule has 1 aromatic heterocycles. The number of pyridine rings is 1. The highest BCUT2D eigenvalue weighted by Gasteiger charge is 2.21. The van der Waals surface area contributed by atoms with Crippen molar-refractivity contribution in [1.29, 1.82) is 0 Å². The summed E-state index contributed by atoms with van der Waals surface area (Å²) < 4.78 is 0. The van der Waals surface area contributed by atoms with Gasteiger partial charge in [-0.3, -0.25) is 9.78 Å². The van der Waals surface area contributed by atoms with Gasteiger partial charge < -0.3 is 11.1 Å². The Balaban J connectivity index is 2.63. The normalized spacial score (nSPS) is 13.2. The minimum Gasteiger partial charge on any atom is -0.351 e. The van der Waals surface area contributed by atoms with Crippen molar-refractivity contribution in [2.75, 3.05) is 6.54 Å². The highest BCUT2D eigenvalue weighted by molar-refractivity contribution is 5.79. The Labute approximate surface area is 103 Å². The lowest BCUT2D eigenvalue weighted by atomic mass is 9.98. The monoisotopic (exact) mass is 235 g/mol. The second-order valence-electron chi connectivity index (χ2n) is 5.24. The van der Waals surface area contributed by atoms with E-state index < -0.39 is 0 Å². The number of amides is 1. The maximum Gasteiger partial charge on any atom is 0.225 e. The molecule has 17 heavy (non-hydrogen) atoms. The van der Waals surface area contributed by atoms with Gasteiger partial charge in [0.25, 0.3) is 0 Å². The van der Waals surface area contributed by atoms with Crippen LogP contribution in [0, 0.1) is 5.92 Å². The number of nitrogens with zero attached hydrogens (tertiary/aromatic N) is 1. The van der Waals surface area contributed by atoms with Crippen LogP contribution in [0.25, 0.3) is 0 Å². The number of hydrogen-bond acceptors (Lipinski definition) is 3. The molecule has 1 unspecified atom stereocenters. The Morgan fingerprint density at radius 1 is 1.53 bits per heavy atom. The van der Waals surface area contributed by atoms with Crippen molar-refractivity contribution in [3.63, 3.8) is 0 Å². The second kappa shape index (κ2) is 5.77. The Bertz CT molecular complexity index is 357. The Morgan fingerprint density at radius 3 is 2.71 bits per heavy atom. The zero-order valence-corrected chi connectivity index (χ0v) is 10.7. The SMILES string of the molecule is CC(C)(C)NC(=O)C(CN)Cc1cccnc1. The van der Waals surface area contributed by atoms with Crippen LogP contribution in [0.2, 0.25) is 0 Å². The van der Waals surface area contributed by atoms with Crippen LogP contribution in [0.15, 0.2) is 24.5 Å². The predicted molar refractivity (Wildman–Crippen MR) is 68.4 cm³/mol. The molecule has 1 aromatic rings. The fourth-order valence-corrected chi connectivity index (χ4v) is 1.56. The smallest absolute Gasteiger partial charge is 0.225 e. The van der Waals surface area contributed by atoms with E-state index in [1.54, 1.807) is 12.4 Å². The molecule has 1 amide bonds. The predicted octanol–water partition coefficient (Wildman–Crippen LogP) is 1.11. The maximum atomic E-state index is 12.0. The van der Waals surface area contributed by atoms with E-state index in [9.17, 15) is 4.79 Å². The number of aromatic nitrogens is 1. The first kappa shape index (κ1) is 13.6. The average Bonchev–Trinajstić information content (AvgIpc) is 2.24. The number of carbonyl (C=O) groups is 1. The van der Waals surface area contributed by atoms with Gasteiger partial charge in [-0.15, -0.1) is 0 Å². The molecular weight excluding hydrogens is 214 g/mol. The summed E-state index contributed by atoms with van der Waals surface area (Å²) in [5.41, 5.74) is 6.47. The van der Waals surface area contributed by atoms with Crippen molar-refractivity contribution in [1.82, 2.24) is 10.3 Å². The summed E-state index contributed by atoms with van der Waals surface area (Å²) in [6.07, 6.45) is 4.12. The van der Waals surface area contributed by atoms with E-state index in [1.165, 1.54) is 0 Å². The van der Waals surface area contributed by atoms with E-state index in [0.29, 0.717) is 13.0 Å². The largest absolute Gasteiger partial charge is 0.351 e. The van der Waals surface area contributed by atoms with Crippen molar-refractivity contribution in [3.8, 4) is 0 Å². The highest BCUT2D eigenvalue weighted by Crippen LogP contribution is 2.09. The van der Waals surface area contributed by atoms with Gasteiger partial charge >= 0.3 is 0 Å². The molecule has 0 aliphatic rings. The number of nitrogens with one attached hydrogen (secondary N) is 1. The number of nitrogens with two attached hydrogens (primary N) is 1. The standard InChI is InChI=1S/C13H21N3O/c1-13(2,3)16-12(17)11(8-14)7-10-5-4-6-15-9-10/h4-6,9,11H,7-8,14H2,1-3H3,(H,16,17). The number of rotatable bonds is 4. The third-order valence-electron chi connectivity index (χ3n) is 2.36. The lowest BCUT2D eigenvalue weighted by molar-refractivity contribution is -0.126. The maximum absolute atomic E-state index is 12.0. The molecular formula is C13H21N3O. The molecule has 0 saturated carbocycles. The molecule has 0 aliphatic carbocycles. The first-order chi connectivity index (χ1) is 7.92. The van der Waals surface area contributed by atoms with E-state index in [4.69, 9.17) is 5.73 Å². The summed E-state index contributed by atoms with van der Waals surface area (Å²) in [7, 11) is 0. The zero-order chi connectivity index (χ0) is 12.9. The first-order valence-corrected chi connectivity index (χ1v) is 5.83. The van der Waals surface area contributed by atoms with Gasteiger partial charge in [0.15, 0.2) is 0 Å². The summed E-state index contributed by atoms with van der Waals surface area (Å²) >= 11 is 0. The lowest BCUT2D eigenvalue weighted by Gasteiger charge is -2.24. The fraction of sp³-hybridized carbons (Fsp3) is 0.538. The summed E-state index contributed by atoms with van der Waals surface area (Å²) in [5, 5.41) is 2.95. The van der Waals surface area contributed by atoms with Crippen molar-refractivity contribution in [2.24, 2.45) is 11.7 Å².